The van der Waals surface area contributed by atoms with Crippen molar-refractivity contribution in [2.45, 2.75) is 59.4 Å². The summed E-state index contributed by atoms with van der Waals surface area (Å²) >= 11 is 0. The predicted molar refractivity (Wildman–Crippen MR) is 69.1 cm³/mol. The molecular weight excluding hydrogens is 198 g/mol. The summed E-state index contributed by atoms with van der Waals surface area (Å²) in [5.41, 5.74) is 1.90. The summed E-state index contributed by atoms with van der Waals surface area (Å²) in [4.78, 5) is 12.4. The van der Waals surface area contributed by atoms with Crippen molar-refractivity contribution in [2.24, 2.45) is 0 Å². The Kier molecular flexibility index (Phi) is 3.06. The normalized spacial score (nSPS) is 12.9. The minimum atomic E-state index is -0.164. The Labute approximate surface area is 98.3 Å². The molecule has 0 fully saturated rings. The van der Waals surface area contributed by atoms with Gasteiger partial charge in [0.25, 0.3) is 5.56 Å². The van der Waals surface area contributed by atoms with Crippen LogP contribution in [-0.2, 0) is 11.0 Å². The first-order valence-corrected chi connectivity index (χ1v) is 5.78. The number of hydrogen-bond acceptors (Lipinski definition) is 1. The molecule has 2 nitrogen and oxygen atoms in total. The molecule has 0 N–H and O–H groups in total. The second-order valence-electron chi connectivity index (χ2n) is 6.53. The van der Waals surface area contributed by atoms with Crippen LogP contribution in [0.4, 0.5) is 0 Å². The molecule has 0 amide bonds. The molecule has 1 rings (SSSR count). The summed E-state index contributed by atoms with van der Waals surface area (Å²) in [6, 6.07) is 2.00. The van der Waals surface area contributed by atoms with Crippen LogP contribution >= 0.6 is 0 Å². The highest BCUT2D eigenvalue weighted by Gasteiger charge is 2.23. The number of pyridine rings is 1. The third kappa shape index (κ3) is 2.55. The van der Waals surface area contributed by atoms with E-state index >= 15 is 0 Å². The Morgan fingerprint density at radius 2 is 1.56 bits per heavy atom. The maximum Gasteiger partial charge on any atom is 0.254 e. The van der Waals surface area contributed by atoms with E-state index in [4.69, 9.17) is 0 Å². The van der Waals surface area contributed by atoms with Crippen molar-refractivity contribution in [3.8, 4) is 0 Å². The van der Waals surface area contributed by atoms with Crippen molar-refractivity contribution in [3.05, 3.63) is 33.7 Å². The van der Waals surface area contributed by atoms with Crippen LogP contribution in [0.1, 0.15) is 52.7 Å². The summed E-state index contributed by atoms with van der Waals surface area (Å²) in [5.74, 6) is 0. The van der Waals surface area contributed by atoms with Gasteiger partial charge in [-0.1, -0.05) is 20.8 Å². The molecule has 16 heavy (non-hydrogen) atoms. The zero-order valence-electron chi connectivity index (χ0n) is 11.5. The maximum absolute atomic E-state index is 12.4. The van der Waals surface area contributed by atoms with E-state index in [0.29, 0.717) is 0 Å². The van der Waals surface area contributed by atoms with Crippen molar-refractivity contribution >= 4 is 0 Å². The van der Waals surface area contributed by atoms with Crippen LogP contribution < -0.4 is 5.56 Å². The molecule has 0 spiro atoms. The molecule has 90 valence electrons. The van der Waals surface area contributed by atoms with Crippen LogP contribution in [0.3, 0.4) is 0 Å². The zero-order valence-corrected chi connectivity index (χ0v) is 11.5. The Morgan fingerprint density at radius 1 is 1.06 bits per heavy atom. The fourth-order valence-corrected chi connectivity index (χ4v) is 1.75. The minimum absolute atomic E-state index is 0.101. The lowest BCUT2D eigenvalue weighted by Gasteiger charge is -2.27. The highest BCUT2D eigenvalue weighted by Crippen LogP contribution is 2.21. The first-order chi connectivity index (χ1) is 7.03. The van der Waals surface area contributed by atoms with Crippen LogP contribution in [0.25, 0.3) is 0 Å². The molecule has 0 aliphatic heterocycles. The van der Waals surface area contributed by atoms with Gasteiger partial charge in [0, 0.05) is 17.3 Å². The highest BCUT2D eigenvalue weighted by atomic mass is 16.1. The number of aromatic nitrogens is 1. The molecule has 1 aromatic rings. The summed E-state index contributed by atoms with van der Waals surface area (Å²) in [5, 5.41) is 0. The largest absolute Gasteiger partial charge is 0.310 e. The first-order valence-electron chi connectivity index (χ1n) is 5.78. The molecule has 0 aliphatic rings. The Morgan fingerprint density at radius 3 is 1.94 bits per heavy atom. The van der Waals surface area contributed by atoms with E-state index < -0.39 is 0 Å². The standard InChI is InChI=1S/C14H23NO/c1-10-8-11(13(2,3)4)12(16)15(9-10)14(5,6)7/h8-9H,1-7H3. The quantitative estimate of drug-likeness (QED) is 0.659. The summed E-state index contributed by atoms with van der Waals surface area (Å²) < 4.78 is 1.84. The van der Waals surface area contributed by atoms with Gasteiger partial charge < -0.3 is 4.57 Å². The van der Waals surface area contributed by atoms with Crippen LogP contribution in [-0.4, -0.2) is 4.57 Å². The van der Waals surface area contributed by atoms with Crippen molar-refractivity contribution in [1.29, 1.82) is 0 Å². The maximum atomic E-state index is 12.4. The van der Waals surface area contributed by atoms with Gasteiger partial charge in [-0.25, -0.2) is 0 Å². The van der Waals surface area contributed by atoms with Gasteiger partial charge in [0.2, 0.25) is 0 Å². The number of aryl methyl sites for hydroxylation is 1. The molecule has 0 aromatic carbocycles. The van der Waals surface area contributed by atoms with Crippen LogP contribution in [0.2, 0.25) is 0 Å². The van der Waals surface area contributed by atoms with Crippen LogP contribution in [0, 0.1) is 6.92 Å². The van der Waals surface area contributed by atoms with Crippen molar-refractivity contribution in [3.63, 3.8) is 0 Å². The third-order valence-corrected chi connectivity index (χ3v) is 2.68. The van der Waals surface area contributed by atoms with Crippen LogP contribution in [0.15, 0.2) is 17.1 Å². The van der Waals surface area contributed by atoms with Gasteiger partial charge in [-0.3, -0.25) is 4.79 Å². The Balaban J connectivity index is 3.58. The second kappa shape index (κ2) is 3.76. The average Bonchev–Trinajstić information content (AvgIpc) is 2.04. The topological polar surface area (TPSA) is 22.0 Å². The Bertz CT molecular complexity index is 403. The van der Waals surface area contributed by atoms with E-state index in [1.807, 2.05) is 23.8 Å². The van der Waals surface area contributed by atoms with Gasteiger partial charge in [0.05, 0.1) is 0 Å². The third-order valence-electron chi connectivity index (χ3n) is 2.68. The summed E-state index contributed by atoms with van der Waals surface area (Å²) in [6.45, 7) is 14.4. The first kappa shape index (κ1) is 13.0. The van der Waals surface area contributed by atoms with E-state index in [-0.39, 0.29) is 16.5 Å². The van der Waals surface area contributed by atoms with E-state index in [2.05, 4.69) is 41.5 Å². The lowest BCUT2D eigenvalue weighted by molar-refractivity contribution is 0.377. The average molecular weight is 221 g/mol. The smallest absolute Gasteiger partial charge is 0.254 e. The van der Waals surface area contributed by atoms with E-state index in [1.165, 1.54) is 0 Å². The molecule has 0 radical (unpaired) electrons. The number of rotatable bonds is 0. The molecule has 0 bridgehead atoms. The van der Waals surface area contributed by atoms with Crippen molar-refractivity contribution < 1.29 is 0 Å². The zero-order chi connectivity index (χ0) is 12.7. The van der Waals surface area contributed by atoms with E-state index in [0.717, 1.165) is 11.1 Å². The van der Waals surface area contributed by atoms with Gasteiger partial charge in [0.1, 0.15) is 0 Å². The Hall–Kier alpha value is -1.05. The lowest BCUT2D eigenvalue weighted by atomic mass is 9.87. The lowest BCUT2D eigenvalue weighted by Crippen LogP contribution is -2.38. The monoisotopic (exact) mass is 221 g/mol. The van der Waals surface area contributed by atoms with Crippen LogP contribution in [0.5, 0.6) is 0 Å². The second-order valence-corrected chi connectivity index (χ2v) is 6.53. The SMILES string of the molecule is Cc1cc(C(C)(C)C)c(=O)n(C(C)(C)C)c1. The number of nitrogens with zero attached hydrogens (tertiary/aromatic N) is 1. The van der Waals surface area contributed by atoms with Gasteiger partial charge >= 0.3 is 0 Å². The van der Waals surface area contributed by atoms with Gasteiger partial charge in [-0.15, -0.1) is 0 Å². The fraction of sp³-hybridized carbons (Fsp3) is 0.643. The predicted octanol–water partition coefficient (Wildman–Crippen LogP) is 3.21. The van der Waals surface area contributed by atoms with Gasteiger partial charge in [0.15, 0.2) is 0 Å². The molecule has 0 aliphatic carbocycles. The molecular formula is C14H23NO. The molecule has 0 saturated heterocycles. The van der Waals surface area contributed by atoms with Crippen molar-refractivity contribution in [1.82, 2.24) is 4.57 Å². The van der Waals surface area contributed by atoms with Crippen molar-refractivity contribution in [2.75, 3.05) is 0 Å². The number of hydrogen-bond donors (Lipinski definition) is 0. The highest BCUT2D eigenvalue weighted by molar-refractivity contribution is 5.25. The molecule has 0 saturated carbocycles. The minimum Gasteiger partial charge on any atom is -0.310 e. The van der Waals surface area contributed by atoms with Gasteiger partial charge in [-0.05, 0) is 44.7 Å². The molecule has 0 atom stereocenters. The molecule has 1 heterocycles. The summed E-state index contributed by atoms with van der Waals surface area (Å²) in [6.07, 6.45) is 1.94. The van der Waals surface area contributed by atoms with Gasteiger partial charge in [-0.2, -0.15) is 0 Å². The fourth-order valence-electron chi connectivity index (χ4n) is 1.75. The van der Waals surface area contributed by atoms with E-state index in [9.17, 15) is 4.79 Å². The molecule has 1 aromatic heterocycles. The molecule has 0 unspecified atom stereocenters. The van der Waals surface area contributed by atoms with E-state index in [1.54, 1.807) is 0 Å². The molecule has 2 heteroatoms. The summed E-state index contributed by atoms with van der Waals surface area (Å²) in [7, 11) is 0.